The molecule has 0 saturated carbocycles. The molecule has 2 aromatic heterocycles. The summed E-state index contributed by atoms with van der Waals surface area (Å²) in [6, 6.07) is 11.1. The summed E-state index contributed by atoms with van der Waals surface area (Å²) in [4.78, 5) is 24.8. The molecule has 1 amide bonds. The second kappa shape index (κ2) is 7.34. The van der Waals surface area contributed by atoms with Gasteiger partial charge in [0.15, 0.2) is 0 Å². The predicted molar refractivity (Wildman–Crippen MR) is 102 cm³/mol. The maximum absolute atomic E-state index is 12.4. The van der Waals surface area contributed by atoms with E-state index in [9.17, 15) is 9.59 Å². The number of aromatic nitrogens is 3. The normalized spacial score (nSPS) is 19.4. The van der Waals surface area contributed by atoms with Crippen molar-refractivity contribution in [1.29, 1.82) is 0 Å². The Morgan fingerprint density at radius 2 is 2.11 bits per heavy atom. The van der Waals surface area contributed by atoms with Gasteiger partial charge in [0, 0.05) is 30.9 Å². The summed E-state index contributed by atoms with van der Waals surface area (Å²) in [5.74, 6) is -0.0898. The molecule has 1 saturated heterocycles. The topological polar surface area (TPSA) is 93.0 Å². The Morgan fingerprint density at radius 3 is 2.93 bits per heavy atom. The van der Waals surface area contributed by atoms with Crippen LogP contribution in [0.5, 0.6) is 0 Å². The third kappa shape index (κ3) is 3.49. The van der Waals surface area contributed by atoms with E-state index >= 15 is 0 Å². The smallest absolute Gasteiger partial charge is 0.274 e. The van der Waals surface area contributed by atoms with Crippen molar-refractivity contribution in [2.75, 3.05) is 6.54 Å². The molecule has 0 aliphatic carbocycles. The zero-order valence-corrected chi connectivity index (χ0v) is 15.1. The van der Waals surface area contributed by atoms with Gasteiger partial charge in [-0.2, -0.15) is 5.10 Å². The average molecular weight is 366 g/mol. The minimum atomic E-state index is -0.314. The highest BCUT2D eigenvalue weighted by Gasteiger charge is 2.30. The molecular formula is C19H22N6O2. The van der Waals surface area contributed by atoms with Crippen molar-refractivity contribution in [3.63, 3.8) is 0 Å². The number of benzene rings is 1. The Balaban J connectivity index is 1.33. The lowest BCUT2D eigenvalue weighted by atomic mass is 10.1. The maximum Gasteiger partial charge on any atom is 0.274 e. The van der Waals surface area contributed by atoms with Crippen LogP contribution in [-0.4, -0.2) is 32.8 Å². The van der Waals surface area contributed by atoms with Crippen molar-refractivity contribution >= 4 is 16.7 Å². The monoisotopic (exact) mass is 366 g/mol. The molecule has 4 rings (SSSR count). The Kier molecular flexibility index (Phi) is 4.74. The van der Waals surface area contributed by atoms with E-state index < -0.39 is 0 Å². The number of aryl methyl sites for hydroxylation is 1. The first-order valence-electron chi connectivity index (χ1n) is 8.98. The largest absolute Gasteiger partial charge is 0.353 e. The number of fused-ring (bicyclic) bond motifs is 1. The van der Waals surface area contributed by atoms with Crippen molar-refractivity contribution in [3.05, 3.63) is 64.8 Å². The lowest BCUT2D eigenvalue weighted by molar-refractivity contribution is -0.122. The van der Waals surface area contributed by atoms with Crippen molar-refractivity contribution in [3.8, 4) is 0 Å². The number of nitrogens with zero attached hydrogens (tertiary/aromatic N) is 3. The molecule has 3 N–H and O–H groups in total. The molecule has 2 atom stereocenters. The molecule has 27 heavy (non-hydrogen) atoms. The lowest BCUT2D eigenvalue weighted by Gasteiger charge is -2.12. The number of hydrogen-bond acceptors (Lipinski definition) is 5. The van der Waals surface area contributed by atoms with Crippen LogP contribution in [0.25, 0.3) is 10.8 Å². The summed E-state index contributed by atoms with van der Waals surface area (Å²) < 4.78 is 3.42. The highest BCUT2D eigenvalue weighted by molar-refractivity contribution is 5.82. The van der Waals surface area contributed by atoms with Gasteiger partial charge >= 0.3 is 0 Å². The van der Waals surface area contributed by atoms with Crippen LogP contribution >= 0.6 is 0 Å². The molecule has 0 bridgehead atoms. The summed E-state index contributed by atoms with van der Waals surface area (Å²) in [6.07, 6.45) is 4.32. The fraction of sp³-hybridized carbons (Fsp3) is 0.316. The number of carbonyl (C=O) groups is 1. The highest BCUT2D eigenvalue weighted by atomic mass is 16.2. The second-order valence-electron chi connectivity index (χ2n) is 6.72. The van der Waals surface area contributed by atoms with E-state index in [0.717, 1.165) is 11.1 Å². The van der Waals surface area contributed by atoms with E-state index in [0.29, 0.717) is 24.9 Å². The Bertz CT molecular complexity index is 1020. The SMILES string of the molecule is Cn1cccc1C1CC(C(=O)NCCn2ncc3ccccc3c2=O)NN1. The number of rotatable bonds is 5. The van der Waals surface area contributed by atoms with Crippen LogP contribution in [-0.2, 0) is 18.4 Å². The average Bonchev–Trinajstić information content (AvgIpc) is 3.32. The highest BCUT2D eigenvalue weighted by Crippen LogP contribution is 2.22. The van der Waals surface area contributed by atoms with Gasteiger partial charge in [-0.3, -0.25) is 9.59 Å². The van der Waals surface area contributed by atoms with Crippen LogP contribution in [0.2, 0.25) is 0 Å². The van der Waals surface area contributed by atoms with E-state index in [1.54, 1.807) is 12.3 Å². The van der Waals surface area contributed by atoms with E-state index in [1.807, 2.05) is 48.1 Å². The molecule has 8 heteroatoms. The van der Waals surface area contributed by atoms with Gasteiger partial charge in [-0.15, -0.1) is 0 Å². The molecule has 0 radical (unpaired) electrons. The van der Waals surface area contributed by atoms with Crippen molar-refractivity contribution in [1.82, 2.24) is 30.5 Å². The third-order valence-corrected chi connectivity index (χ3v) is 4.95. The maximum atomic E-state index is 12.4. The molecule has 1 aliphatic rings. The molecule has 0 spiro atoms. The number of amides is 1. The fourth-order valence-corrected chi connectivity index (χ4v) is 3.45. The summed E-state index contributed by atoms with van der Waals surface area (Å²) in [5, 5.41) is 8.51. The Morgan fingerprint density at radius 1 is 1.26 bits per heavy atom. The standard InChI is InChI=1S/C19H22N6O2/c1-24-9-4-7-17(24)15-11-16(23-22-15)18(26)20-8-10-25-19(27)14-6-3-2-5-13(14)12-21-25/h2-7,9,12,15-16,22-23H,8,10-11H2,1H3,(H,20,26). The fourth-order valence-electron chi connectivity index (χ4n) is 3.45. The summed E-state index contributed by atoms with van der Waals surface area (Å²) in [5.41, 5.74) is 7.20. The van der Waals surface area contributed by atoms with Crippen LogP contribution in [0, 0.1) is 0 Å². The van der Waals surface area contributed by atoms with Gasteiger partial charge in [-0.1, -0.05) is 18.2 Å². The first-order valence-corrected chi connectivity index (χ1v) is 8.98. The van der Waals surface area contributed by atoms with Gasteiger partial charge < -0.3 is 9.88 Å². The molecule has 1 aromatic carbocycles. The van der Waals surface area contributed by atoms with Crippen molar-refractivity contribution in [2.24, 2.45) is 7.05 Å². The van der Waals surface area contributed by atoms with Gasteiger partial charge in [0.1, 0.15) is 6.04 Å². The van der Waals surface area contributed by atoms with E-state index in [4.69, 9.17) is 0 Å². The predicted octanol–water partition coefficient (Wildman–Crippen LogP) is 0.459. The molecule has 3 heterocycles. The van der Waals surface area contributed by atoms with Gasteiger partial charge in [-0.05, 0) is 24.6 Å². The molecule has 1 fully saturated rings. The van der Waals surface area contributed by atoms with Gasteiger partial charge in [0.25, 0.3) is 5.56 Å². The van der Waals surface area contributed by atoms with Crippen LogP contribution in [0.4, 0.5) is 0 Å². The second-order valence-corrected chi connectivity index (χ2v) is 6.72. The van der Waals surface area contributed by atoms with Crippen LogP contribution in [0.1, 0.15) is 18.2 Å². The zero-order valence-electron chi connectivity index (χ0n) is 15.1. The number of hydrazine groups is 1. The van der Waals surface area contributed by atoms with E-state index in [2.05, 4.69) is 21.3 Å². The molecule has 1 aliphatic heterocycles. The third-order valence-electron chi connectivity index (χ3n) is 4.95. The van der Waals surface area contributed by atoms with Crippen molar-refractivity contribution in [2.45, 2.75) is 25.0 Å². The summed E-state index contributed by atoms with van der Waals surface area (Å²) in [6.45, 7) is 0.674. The van der Waals surface area contributed by atoms with Gasteiger partial charge in [0.2, 0.25) is 5.91 Å². The molecule has 3 aromatic rings. The van der Waals surface area contributed by atoms with Gasteiger partial charge in [0.05, 0.1) is 24.2 Å². The quantitative estimate of drug-likeness (QED) is 0.610. The first-order chi connectivity index (χ1) is 13.1. The summed E-state index contributed by atoms with van der Waals surface area (Å²) in [7, 11) is 1.98. The number of carbonyl (C=O) groups excluding carboxylic acids is 1. The minimum Gasteiger partial charge on any atom is -0.353 e. The molecule has 140 valence electrons. The molecule has 8 nitrogen and oxygen atoms in total. The van der Waals surface area contributed by atoms with E-state index in [-0.39, 0.29) is 23.6 Å². The molecular weight excluding hydrogens is 344 g/mol. The first kappa shape index (κ1) is 17.4. The van der Waals surface area contributed by atoms with Crippen molar-refractivity contribution < 1.29 is 4.79 Å². The minimum absolute atomic E-state index is 0.0884. The van der Waals surface area contributed by atoms with E-state index in [1.165, 1.54) is 4.68 Å². The lowest BCUT2D eigenvalue weighted by Crippen LogP contribution is -2.44. The zero-order chi connectivity index (χ0) is 18.8. The van der Waals surface area contributed by atoms with Gasteiger partial charge in [-0.25, -0.2) is 15.5 Å². The Hall–Kier alpha value is -2.97. The van der Waals surface area contributed by atoms with Crippen LogP contribution in [0.15, 0.2) is 53.6 Å². The Labute approximate surface area is 156 Å². The summed E-state index contributed by atoms with van der Waals surface area (Å²) >= 11 is 0. The molecule has 2 unspecified atom stereocenters. The van der Waals surface area contributed by atoms with Crippen LogP contribution < -0.4 is 21.7 Å². The van der Waals surface area contributed by atoms with Crippen LogP contribution in [0.3, 0.4) is 0 Å². The number of hydrogen-bond donors (Lipinski definition) is 3. The number of nitrogens with one attached hydrogen (secondary N) is 3.